The molecular weight excluding hydrogens is 879 g/mol. The fraction of sp³-hybridized carbons (Fsp3) is 0.367. The standard InChI is InChI=1S/C60H63NO9/c1-36(62)69-55-32-46(70-58(66)59(20-8-9-21-59)44-17-15-40-24-45(63)30-48(47(40)29-44)39-14-10-13-38(23-39)35-61-2)31-50-49-33-57(68-4)53(64)26-41(49)16-18-51(50)60(22-19-37-11-6-5-7-12-37)34-43-27-54(65)56(67-3)28-42(43)25-52(55)60/h5-7,10-15,17,19,22-24,26-30,33,46,50-52,55,61,63-65H,8-9,16,18,20-21,25,31-32,34-35H2,1-4H3/b22-19-/t46-,50-,51-,52+,55+,60+/m0/s1. The Labute approximate surface area is 410 Å². The first kappa shape index (κ1) is 46.9. The number of benzene rings is 6. The predicted molar refractivity (Wildman–Crippen MR) is 271 cm³/mol. The van der Waals surface area contributed by atoms with E-state index < -0.39 is 29.0 Å². The Morgan fingerprint density at radius 1 is 0.771 bits per heavy atom. The van der Waals surface area contributed by atoms with Crippen molar-refractivity contribution in [2.75, 3.05) is 21.3 Å². The molecule has 0 aromatic heterocycles. The van der Waals surface area contributed by atoms with E-state index >= 15 is 4.79 Å². The van der Waals surface area contributed by atoms with Crippen LogP contribution >= 0.6 is 0 Å². The number of phenols is 3. The highest BCUT2D eigenvalue weighted by Gasteiger charge is 2.57. The minimum atomic E-state index is -0.931. The Bertz CT molecular complexity index is 2970. The van der Waals surface area contributed by atoms with Crippen molar-refractivity contribution in [3.8, 4) is 39.9 Å². The van der Waals surface area contributed by atoms with Crippen molar-refractivity contribution in [2.45, 2.75) is 101 Å². The van der Waals surface area contributed by atoms with Gasteiger partial charge in [-0.3, -0.25) is 9.59 Å². The molecule has 6 aromatic carbocycles. The first-order valence-electron chi connectivity index (χ1n) is 24.8. The van der Waals surface area contributed by atoms with E-state index in [1.807, 2.05) is 67.7 Å². The monoisotopic (exact) mass is 941 g/mol. The quantitative estimate of drug-likeness (QED) is 0.0927. The summed E-state index contributed by atoms with van der Waals surface area (Å²) >= 11 is 0. The molecular formula is C60H63NO9. The summed E-state index contributed by atoms with van der Waals surface area (Å²) in [6, 6.07) is 35.8. The zero-order chi connectivity index (χ0) is 48.7. The maximum atomic E-state index is 15.6. The number of allylic oxidation sites excluding steroid dienone is 1. The SMILES string of the molecule is CNCc1cccc(-c2cc(O)cc3ccc(C4(C(=O)O[C@@H]5C[C@@H](OC(C)=O)[C@H]6Cc7cc(OC)c(O)cc7C[C@]6(/C=C\c6ccccc6)[C@H]6CCc7cc(O)c(OC)cc7[C@@H]6C5)CCCC4)cc23)c1. The highest BCUT2D eigenvalue weighted by molar-refractivity contribution is 5.99. The van der Waals surface area contributed by atoms with Crippen LogP contribution in [0.5, 0.6) is 28.7 Å². The summed E-state index contributed by atoms with van der Waals surface area (Å²) in [6.45, 7) is 2.15. The largest absolute Gasteiger partial charge is 0.508 e. The molecule has 0 radical (unpaired) electrons. The van der Waals surface area contributed by atoms with E-state index in [-0.39, 0.29) is 47.4 Å². The van der Waals surface area contributed by atoms with E-state index in [1.165, 1.54) is 6.92 Å². The number of fused-ring (bicyclic) bond motifs is 7. The summed E-state index contributed by atoms with van der Waals surface area (Å²) in [6.07, 6.45) is 9.45. The maximum Gasteiger partial charge on any atom is 0.316 e. The van der Waals surface area contributed by atoms with Crippen molar-refractivity contribution >= 4 is 28.8 Å². The van der Waals surface area contributed by atoms with Crippen molar-refractivity contribution < 1.29 is 43.9 Å². The Hall–Kier alpha value is -6.78. The van der Waals surface area contributed by atoms with Gasteiger partial charge >= 0.3 is 11.9 Å². The molecule has 362 valence electrons. The number of hydrogen-bond donors (Lipinski definition) is 4. The van der Waals surface area contributed by atoms with E-state index in [0.29, 0.717) is 56.6 Å². The van der Waals surface area contributed by atoms with Gasteiger partial charge in [0.1, 0.15) is 18.0 Å². The number of ether oxygens (including phenoxy) is 4. The van der Waals surface area contributed by atoms with E-state index in [4.69, 9.17) is 18.9 Å². The van der Waals surface area contributed by atoms with Crippen molar-refractivity contribution in [3.05, 3.63) is 154 Å². The van der Waals surface area contributed by atoms with E-state index in [9.17, 15) is 20.1 Å². The molecule has 6 aromatic rings. The number of nitrogens with one attached hydrogen (secondary N) is 1. The number of esters is 2. The molecule has 70 heavy (non-hydrogen) atoms. The van der Waals surface area contributed by atoms with Crippen LogP contribution in [0.4, 0.5) is 0 Å². The second-order valence-corrected chi connectivity index (χ2v) is 20.2. The molecule has 4 aliphatic carbocycles. The molecule has 0 aliphatic heterocycles. The molecule has 0 unspecified atom stereocenters. The van der Waals surface area contributed by atoms with Crippen LogP contribution < -0.4 is 14.8 Å². The third-order valence-corrected chi connectivity index (χ3v) is 16.3. The predicted octanol–water partition coefficient (Wildman–Crippen LogP) is 11.3. The smallest absolute Gasteiger partial charge is 0.316 e. The number of aromatic hydroxyl groups is 3. The van der Waals surface area contributed by atoms with Crippen molar-refractivity contribution in [2.24, 2.45) is 17.3 Å². The van der Waals surface area contributed by atoms with Crippen molar-refractivity contribution in [1.29, 1.82) is 0 Å². The second kappa shape index (κ2) is 19.2. The molecule has 10 nitrogen and oxygen atoms in total. The Morgan fingerprint density at radius 3 is 2.27 bits per heavy atom. The average molecular weight is 942 g/mol. The van der Waals surface area contributed by atoms with Crippen molar-refractivity contribution in [1.82, 2.24) is 5.32 Å². The van der Waals surface area contributed by atoms with Crippen molar-refractivity contribution in [3.63, 3.8) is 0 Å². The van der Waals surface area contributed by atoms with Gasteiger partial charge in [-0.25, -0.2) is 0 Å². The summed E-state index contributed by atoms with van der Waals surface area (Å²) in [5, 5.41) is 38.4. The Kier molecular flexibility index (Phi) is 12.9. The fourth-order valence-electron chi connectivity index (χ4n) is 13.1. The molecule has 0 bridgehead atoms. The van der Waals surface area contributed by atoms with Gasteiger partial charge in [-0.1, -0.05) is 85.7 Å². The topological polar surface area (TPSA) is 144 Å². The van der Waals surface area contributed by atoms with Crippen LogP contribution in [-0.2, 0) is 50.3 Å². The lowest BCUT2D eigenvalue weighted by molar-refractivity contribution is -0.168. The van der Waals surface area contributed by atoms with Crippen LogP contribution in [0, 0.1) is 17.3 Å². The number of carbonyl (C=O) groups is 2. The maximum absolute atomic E-state index is 15.6. The molecule has 0 amide bonds. The van der Waals surface area contributed by atoms with Gasteiger partial charge in [0, 0.05) is 31.2 Å². The lowest BCUT2D eigenvalue weighted by Gasteiger charge is -2.56. The summed E-state index contributed by atoms with van der Waals surface area (Å²) in [5.41, 5.74) is 7.46. The first-order chi connectivity index (χ1) is 33.9. The van der Waals surface area contributed by atoms with Gasteiger partial charge in [0.2, 0.25) is 0 Å². The molecule has 0 heterocycles. The summed E-state index contributed by atoms with van der Waals surface area (Å²) in [7, 11) is 5.03. The first-order valence-corrected chi connectivity index (χ1v) is 24.8. The van der Waals surface area contributed by atoms with E-state index in [1.54, 1.807) is 26.4 Å². The second-order valence-electron chi connectivity index (χ2n) is 20.2. The number of rotatable bonds is 11. The molecule has 2 saturated carbocycles. The fourth-order valence-corrected chi connectivity index (χ4v) is 13.1. The normalized spacial score (nSPS) is 23.5. The summed E-state index contributed by atoms with van der Waals surface area (Å²) in [4.78, 5) is 29.0. The molecule has 2 fully saturated rings. The minimum Gasteiger partial charge on any atom is -0.508 e. The van der Waals surface area contributed by atoms with Gasteiger partial charge in [0.25, 0.3) is 0 Å². The highest BCUT2D eigenvalue weighted by atomic mass is 16.6. The van der Waals surface area contributed by atoms with Crippen LogP contribution in [0.15, 0.2) is 115 Å². The minimum absolute atomic E-state index is 0.0569. The van der Waals surface area contributed by atoms with E-state index in [2.05, 4.69) is 53.9 Å². The van der Waals surface area contributed by atoms with Gasteiger partial charge in [0.05, 0.1) is 19.6 Å². The van der Waals surface area contributed by atoms with Crippen LogP contribution in [0.2, 0.25) is 0 Å². The lowest BCUT2D eigenvalue weighted by Crippen LogP contribution is -2.54. The zero-order valence-corrected chi connectivity index (χ0v) is 40.5. The Morgan fingerprint density at radius 2 is 1.53 bits per heavy atom. The molecule has 0 saturated heterocycles. The zero-order valence-electron chi connectivity index (χ0n) is 40.5. The highest BCUT2D eigenvalue weighted by Crippen LogP contribution is 2.61. The van der Waals surface area contributed by atoms with Gasteiger partial charge in [-0.2, -0.15) is 0 Å². The number of hydrogen-bond acceptors (Lipinski definition) is 10. The van der Waals surface area contributed by atoms with Gasteiger partial charge in [0.15, 0.2) is 23.0 Å². The third-order valence-electron chi connectivity index (χ3n) is 16.3. The van der Waals surface area contributed by atoms with E-state index in [0.717, 1.165) is 80.1 Å². The van der Waals surface area contributed by atoms with Gasteiger partial charge < -0.3 is 39.6 Å². The molecule has 4 N–H and O–H groups in total. The van der Waals surface area contributed by atoms with Crippen LogP contribution in [0.3, 0.4) is 0 Å². The number of methoxy groups -OCH3 is 2. The van der Waals surface area contributed by atoms with Crippen LogP contribution in [0.1, 0.15) is 96.7 Å². The van der Waals surface area contributed by atoms with Gasteiger partial charge in [-0.15, -0.1) is 0 Å². The Balaban J connectivity index is 1.10. The molecule has 4 aliphatic rings. The lowest BCUT2D eigenvalue weighted by atomic mass is 9.49. The van der Waals surface area contributed by atoms with Gasteiger partial charge in [-0.05, 0) is 173 Å². The number of phenolic OH excluding ortho intramolecular Hbond substituents is 3. The summed E-state index contributed by atoms with van der Waals surface area (Å²) < 4.78 is 25.0. The summed E-state index contributed by atoms with van der Waals surface area (Å²) in [5.74, 6) is -0.0944. The third kappa shape index (κ3) is 8.65. The molecule has 10 heteroatoms. The molecule has 10 rings (SSSR count). The molecule has 6 atom stereocenters. The van der Waals surface area contributed by atoms with Crippen LogP contribution in [-0.4, -0.2) is 60.7 Å². The van der Waals surface area contributed by atoms with Crippen LogP contribution in [0.25, 0.3) is 28.0 Å². The number of carbonyl (C=O) groups excluding carboxylic acids is 2. The number of aryl methyl sites for hydroxylation is 1. The molecule has 0 spiro atoms. The average Bonchev–Trinajstić information content (AvgIpc) is 3.86.